The summed E-state index contributed by atoms with van der Waals surface area (Å²) in [6.45, 7) is 0. The molecule has 0 atom stereocenters. The lowest BCUT2D eigenvalue weighted by Crippen LogP contribution is -1.85. The summed E-state index contributed by atoms with van der Waals surface area (Å²) in [6.07, 6.45) is 3.10. The fourth-order valence-electron chi connectivity index (χ4n) is 0.436. The minimum atomic E-state index is -0.518. The van der Waals surface area contributed by atoms with E-state index < -0.39 is 20.7 Å². The van der Waals surface area contributed by atoms with Gasteiger partial charge in [0.1, 0.15) is 5.76 Å². The number of methoxy groups -OCH3 is 1. The Labute approximate surface area is 63.0 Å². The molecular weight excluding hydrogens is 234 g/mol. The zero-order chi connectivity index (χ0) is 6.69. The summed E-state index contributed by atoms with van der Waals surface area (Å²) in [4.78, 5) is 0. The Hall–Kier alpha value is -0.190. The quantitative estimate of drug-likeness (QED) is 0.638. The lowest BCUT2D eigenvalue weighted by atomic mass is 10.5. The van der Waals surface area contributed by atoms with Gasteiger partial charge in [-0.1, -0.05) is 0 Å². The molecule has 0 radical (unpaired) electrons. The van der Waals surface area contributed by atoms with Crippen LogP contribution in [-0.4, -0.2) is 10.9 Å². The zero-order valence-corrected chi connectivity index (χ0v) is 7.05. The SMILES string of the molecule is COC1=CI=C(F)C=C1. The maximum atomic E-state index is 12.3. The van der Waals surface area contributed by atoms with E-state index in [1.807, 2.05) is 4.08 Å². The number of rotatable bonds is 1. The van der Waals surface area contributed by atoms with Gasteiger partial charge < -0.3 is 4.74 Å². The van der Waals surface area contributed by atoms with Gasteiger partial charge in [-0.2, -0.15) is 0 Å². The Kier molecular flexibility index (Phi) is 2.38. The van der Waals surface area contributed by atoms with E-state index in [2.05, 4.69) is 0 Å². The van der Waals surface area contributed by atoms with E-state index in [1.54, 1.807) is 13.2 Å². The van der Waals surface area contributed by atoms with Gasteiger partial charge in [0.05, 0.1) is 7.11 Å². The highest BCUT2D eigenvalue weighted by molar-refractivity contribution is 14.2. The van der Waals surface area contributed by atoms with Crippen LogP contribution in [0.2, 0.25) is 0 Å². The molecule has 1 heterocycles. The molecule has 1 nitrogen and oxygen atoms in total. The molecule has 0 spiro atoms. The van der Waals surface area contributed by atoms with Crippen molar-refractivity contribution in [2.24, 2.45) is 0 Å². The third kappa shape index (κ3) is 1.89. The maximum Gasteiger partial charge on any atom is 0.155 e. The Bertz CT molecular complexity index is 193. The molecule has 0 amide bonds. The van der Waals surface area contributed by atoms with Crippen molar-refractivity contribution in [2.45, 2.75) is 0 Å². The summed E-state index contributed by atoms with van der Waals surface area (Å²) in [5.41, 5.74) is 0. The molecule has 0 aromatic rings. The summed E-state index contributed by atoms with van der Waals surface area (Å²) < 4.78 is 18.9. The molecule has 1 aliphatic rings. The number of hydrogen-bond acceptors (Lipinski definition) is 1. The van der Waals surface area contributed by atoms with Crippen molar-refractivity contribution in [2.75, 3.05) is 7.11 Å². The molecule has 0 aromatic heterocycles. The van der Waals surface area contributed by atoms with E-state index in [4.69, 9.17) is 4.74 Å². The number of halogens is 2. The van der Waals surface area contributed by atoms with E-state index in [9.17, 15) is 4.39 Å². The number of ether oxygens (including phenoxy) is 1. The smallest absolute Gasteiger partial charge is 0.155 e. The minimum absolute atomic E-state index is 0.00500. The standard InChI is InChI=1S/C6H6FIO/c1-9-5-2-3-6(7)8-4-5/h2-4H,1H3. The Morgan fingerprint density at radius 3 is 2.78 bits per heavy atom. The van der Waals surface area contributed by atoms with Crippen molar-refractivity contribution in [3.05, 3.63) is 22.0 Å². The lowest BCUT2D eigenvalue weighted by molar-refractivity contribution is 0.308. The molecule has 0 bridgehead atoms. The van der Waals surface area contributed by atoms with Crippen LogP contribution in [0.3, 0.4) is 0 Å². The summed E-state index contributed by atoms with van der Waals surface area (Å²) in [7, 11) is 1.59. The first-order valence-corrected chi connectivity index (χ1v) is 4.73. The van der Waals surface area contributed by atoms with Gasteiger partial charge in [0.25, 0.3) is 0 Å². The predicted octanol–water partition coefficient (Wildman–Crippen LogP) is 2.11. The van der Waals surface area contributed by atoms with Crippen molar-refractivity contribution in [3.63, 3.8) is 0 Å². The van der Waals surface area contributed by atoms with Gasteiger partial charge in [0.15, 0.2) is 3.76 Å². The highest BCUT2D eigenvalue weighted by Crippen LogP contribution is 2.16. The zero-order valence-electron chi connectivity index (χ0n) is 4.90. The van der Waals surface area contributed by atoms with Gasteiger partial charge in [0, 0.05) is 4.08 Å². The third-order valence-electron chi connectivity index (χ3n) is 0.876. The van der Waals surface area contributed by atoms with Crippen LogP contribution in [0.1, 0.15) is 0 Å². The molecular formula is C6H6FIO. The summed E-state index contributed by atoms with van der Waals surface area (Å²) in [5.74, 6) is 0.782. The predicted molar refractivity (Wildman–Crippen MR) is 44.4 cm³/mol. The molecule has 0 aliphatic carbocycles. The van der Waals surface area contributed by atoms with Crippen molar-refractivity contribution in [1.29, 1.82) is 0 Å². The second-order valence-electron chi connectivity index (χ2n) is 1.45. The first-order chi connectivity index (χ1) is 4.33. The van der Waals surface area contributed by atoms with Crippen LogP contribution in [0.25, 0.3) is 0 Å². The first kappa shape index (κ1) is 6.92. The molecule has 0 aromatic carbocycles. The van der Waals surface area contributed by atoms with Crippen molar-refractivity contribution in [3.8, 4) is 0 Å². The molecule has 0 saturated carbocycles. The molecule has 9 heavy (non-hydrogen) atoms. The summed E-state index contributed by atoms with van der Waals surface area (Å²) >= 11 is -0.518. The summed E-state index contributed by atoms with van der Waals surface area (Å²) in [5, 5.41) is 0. The van der Waals surface area contributed by atoms with Crippen LogP contribution in [0, 0.1) is 0 Å². The highest BCUT2D eigenvalue weighted by atomic mass is 127. The fraction of sp³-hybridized carbons (Fsp3) is 0.167. The van der Waals surface area contributed by atoms with Crippen molar-refractivity contribution < 1.29 is 9.13 Å². The Morgan fingerprint density at radius 1 is 1.56 bits per heavy atom. The van der Waals surface area contributed by atoms with Crippen LogP contribution in [0.15, 0.2) is 22.0 Å². The van der Waals surface area contributed by atoms with E-state index in [0.29, 0.717) is 0 Å². The van der Waals surface area contributed by atoms with Gasteiger partial charge in [0.2, 0.25) is 0 Å². The Morgan fingerprint density at radius 2 is 2.33 bits per heavy atom. The van der Waals surface area contributed by atoms with Gasteiger partial charge >= 0.3 is 0 Å². The maximum absolute atomic E-state index is 12.3. The molecule has 0 unspecified atom stereocenters. The minimum Gasteiger partial charge on any atom is -0.496 e. The monoisotopic (exact) mass is 240 g/mol. The Balaban J connectivity index is 2.75. The second kappa shape index (κ2) is 3.10. The topological polar surface area (TPSA) is 9.23 Å². The molecule has 50 valence electrons. The molecule has 1 rings (SSSR count). The number of hydrogen-bond donors (Lipinski definition) is 0. The fourth-order valence-corrected chi connectivity index (χ4v) is 1.89. The van der Waals surface area contributed by atoms with Crippen LogP contribution in [0.5, 0.6) is 0 Å². The van der Waals surface area contributed by atoms with Crippen molar-refractivity contribution >= 4 is 24.5 Å². The van der Waals surface area contributed by atoms with Gasteiger partial charge in [-0.25, -0.2) is 4.39 Å². The second-order valence-corrected chi connectivity index (χ2v) is 3.72. The van der Waals surface area contributed by atoms with Crippen LogP contribution in [0.4, 0.5) is 4.39 Å². The van der Waals surface area contributed by atoms with E-state index in [1.165, 1.54) is 6.08 Å². The van der Waals surface area contributed by atoms with Crippen LogP contribution >= 0.6 is 20.7 Å². The average molecular weight is 240 g/mol. The molecule has 0 fully saturated rings. The van der Waals surface area contributed by atoms with E-state index in [-0.39, 0.29) is 3.76 Å². The molecule has 1 aliphatic heterocycles. The molecule has 0 N–H and O–H groups in total. The van der Waals surface area contributed by atoms with E-state index in [0.717, 1.165) is 5.76 Å². The average Bonchev–Trinajstić information content (AvgIpc) is 1.90. The van der Waals surface area contributed by atoms with Gasteiger partial charge in [-0.15, -0.1) is 0 Å². The largest absolute Gasteiger partial charge is 0.496 e. The lowest BCUT2D eigenvalue weighted by Gasteiger charge is -1.99. The number of allylic oxidation sites excluding steroid dienone is 2. The highest BCUT2D eigenvalue weighted by Gasteiger charge is 1.95. The molecule has 0 saturated heterocycles. The van der Waals surface area contributed by atoms with Gasteiger partial charge in [-0.05, 0) is 32.9 Å². The van der Waals surface area contributed by atoms with Crippen LogP contribution < -0.4 is 0 Å². The third-order valence-corrected chi connectivity index (χ3v) is 2.76. The summed E-state index contributed by atoms with van der Waals surface area (Å²) in [6, 6.07) is 0. The van der Waals surface area contributed by atoms with E-state index >= 15 is 0 Å². The normalized spacial score (nSPS) is 17.6. The van der Waals surface area contributed by atoms with Gasteiger partial charge in [-0.3, -0.25) is 0 Å². The van der Waals surface area contributed by atoms with Crippen LogP contribution in [-0.2, 0) is 4.74 Å². The van der Waals surface area contributed by atoms with Crippen molar-refractivity contribution in [1.82, 2.24) is 0 Å². The molecule has 3 heteroatoms. The first-order valence-electron chi connectivity index (χ1n) is 2.41.